The summed E-state index contributed by atoms with van der Waals surface area (Å²) in [5, 5.41) is 3.48. The highest BCUT2D eigenvalue weighted by Gasteiger charge is 2.20. The van der Waals surface area contributed by atoms with Gasteiger partial charge in [0.15, 0.2) is 0 Å². The summed E-state index contributed by atoms with van der Waals surface area (Å²) >= 11 is 1.38. The van der Waals surface area contributed by atoms with Gasteiger partial charge in [-0.3, -0.25) is 4.79 Å². The molecule has 1 saturated carbocycles. The molecule has 0 spiro atoms. The van der Waals surface area contributed by atoms with Crippen LogP contribution in [0.25, 0.3) is 0 Å². The second-order valence-electron chi connectivity index (χ2n) is 5.63. The second-order valence-corrected chi connectivity index (χ2v) is 6.92. The van der Waals surface area contributed by atoms with Crippen molar-refractivity contribution in [1.29, 1.82) is 0 Å². The maximum atomic E-state index is 12.1. The van der Waals surface area contributed by atoms with Gasteiger partial charge < -0.3 is 9.73 Å². The van der Waals surface area contributed by atoms with Crippen molar-refractivity contribution in [1.82, 2.24) is 10.3 Å². The molecule has 0 bridgehead atoms. The first kappa shape index (κ1) is 15.4. The molecule has 1 fully saturated rings. The van der Waals surface area contributed by atoms with Gasteiger partial charge in [-0.1, -0.05) is 31.0 Å². The Morgan fingerprint density at radius 3 is 2.70 bits per heavy atom. The first-order valence-corrected chi connectivity index (χ1v) is 8.32. The molecule has 1 heterocycles. The topological polar surface area (TPSA) is 55.1 Å². The van der Waals surface area contributed by atoms with Crippen molar-refractivity contribution in [3.05, 3.63) is 11.5 Å². The SMILES string of the molecule is Cc1nc(SC(C)C(=O)NCC2CCCCC2)oc1C. The van der Waals surface area contributed by atoms with Crippen molar-refractivity contribution in [2.24, 2.45) is 5.92 Å². The van der Waals surface area contributed by atoms with Gasteiger partial charge in [-0.15, -0.1) is 0 Å². The zero-order valence-electron chi connectivity index (χ0n) is 12.6. The number of nitrogens with one attached hydrogen (secondary N) is 1. The molecule has 1 N–H and O–H groups in total. The van der Waals surface area contributed by atoms with Gasteiger partial charge in [-0.2, -0.15) is 0 Å². The van der Waals surface area contributed by atoms with E-state index in [4.69, 9.17) is 4.42 Å². The van der Waals surface area contributed by atoms with E-state index in [-0.39, 0.29) is 11.2 Å². The monoisotopic (exact) mass is 296 g/mol. The first-order valence-electron chi connectivity index (χ1n) is 7.44. The van der Waals surface area contributed by atoms with Crippen LogP contribution >= 0.6 is 11.8 Å². The molecule has 1 aliphatic rings. The number of thioether (sulfide) groups is 1. The summed E-state index contributed by atoms with van der Waals surface area (Å²) in [5.41, 5.74) is 0.891. The van der Waals surface area contributed by atoms with Crippen LogP contribution < -0.4 is 5.32 Å². The molecule has 1 aliphatic carbocycles. The number of carbonyl (C=O) groups excluding carboxylic acids is 1. The van der Waals surface area contributed by atoms with Gasteiger partial charge in [0, 0.05) is 6.54 Å². The minimum atomic E-state index is -0.170. The van der Waals surface area contributed by atoms with Crippen molar-refractivity contribution < 1.29 is 9.21 Å². The molecule has 1 aromatic rings. The highest BCUT2D eigenvalue weighted by molar-refractivity contribution is 8.00. The van der Waals surface area contributed by atoms with Crippen LogP contribution in [-0.4, -0.2) is 22.7 Å². The fraction of sp³-hybridized carbons (Fsp3) is 0.733. The molecular weight excluding hydrogens is 272 g/mol. The molecular formula is C15H24N2O2S. The van der Waals surface area contributed by atoms with Crippen LogP contribution in [0.4, 0.5) is 0 Å². The number of hydrogen-bond acceptors (Lipinski definition) is 4. The summed E-state index contributed by atoms with van der Waals surface area (Å²) in [6.07, 6.45) is 6.46. The van der Waals surface area contributed by atoms with E-state index in [2.05, 4.69) is 10.3 Å². The predicted octanol–water partition coefficient (Wildman–Crippen LogP) is 3.47. The van der Waals surface area contributed by atoms with Gasteiger partial charge in [0.05, 0.1) is 10.9 Å². The van der Waals surface area contributed by atoms with E-state index in [9.17, 15) is 4.79 Å². The Labute approximate surface area is 125 Å². The summed E-state index contributed by atoms with van der Waals surface area (Å²) in [6.45, 7) is 6.51. The average molecular weight is 296 g/mol. The van der Waals surface area contributed by atoms with Gasteiger partial charge in [-0.05, 0) is 39.5 Å². The summed E-state index contributed by atoms with van der Waals surface area (Å²) in [4.78, 5) is 16.4. The van der Waals surface area contributed by atoms with Crippen molar-refractivity contribution >= 4 is 17.7 Å². The standard InChI is InChI=1S/C15H24N2O2S/c1-10-11(2)19-15(17-10)20-12(3)14(18)16-9-13-7-5-4-6-8-13/h12-13H,4-9H2,1-3H3,(H,16,18). The lowest BCUT2D eigenvalue weighted by Gasteiger charge is -2.22. The molecule has 1 atom stereocenters. The van der Waals surface area contributed by atoms with Crippen molar-refractivity contribution in [3.8, 4) is 0 Å². The molecule has 0 radical (unpaired) electrons. The Kier molecular flexibility index (Phi) is 5.52. The van der Waals surface area contributed by atoms with Gasteiger partial charge in [0.25, 0.3) is 5.22 Å². The lowest BCUT2D eigenvalue weighted by molar-refractivity contribution is -0.120. The molecule has 0 saturated heterocycles. The Morgan fingerprint density at radius 2 is 2.10 bits per heavy atom. The normalized spacial score (nSPS) is 17.9. The van der Waals surface area contributed by atoms with Crippen molar-refractivity contribution in [2.75, 3.05) is 6.54 Å². The van der Waals surface area contributed by atoms with E-state index in [1.54, 1.807) is 0 Å². The Bertz CT molecular complexity index is 433. The molecule has 5 heteroatoms. The number of rotatable bonds is 5. The van der Waals surface area contributed by atoms with Crippen LogP contribution in [0.15, 0.2) is 9.64 Å². The van der Waals surface area contributed by atoms with Crippen molar-refractivity contribution in [2.45, 2.75) is 63.3 Å². The average Bonchev–Trinajstić information content (AvgIpc) is 2.75. The van der Waals surface area contributed by atoms with E-state index in [1.165, 1.54) is 43.9 Å². The maximum Gasteiger partial charge on any atom is 0.256 e. The number of nitrogens with zero attached hydrogens (tertiary/aromatic N) is 1. The predicted molar refractivity (Wildman–Crippen MR) is 80.9 cm³/mol. The van der Waals surface area contributed by atoms with E-state index >= 15 is 0 Å². The molecule has 4 nitrogen and oxygen atoms in total. The quantitative estimate of drug-likeness (QED) is 0.845. The highest BCUT2D eigenvalue weighted by atomic mass is 32.2. The van der Waals surface area contributed by atoms with Gasteiger partial charge in [-0.25, -0.2) is 4.98 Å². The van der Waals surface area contributed by atoms with E-state index in [0.717, 1.165) is 18.0 Å². The number of amides is 1. The van der Waals surface area contributed by atoms with Gasteiger partial charge >= 0.3 is 0 Å². The Balaban J connectivity index is 1.76. The number of aryl methyl sites for hydroxylation is 2. The van der Waals surface area contributed by atoms with E-state index in [1.807, 2.05) is 20.8 Å². The Morgan fingerprint density at radius 1 is 1.40 bits per heavy atom. The molecule has 0 aromatic carbocycles. The zero-order chi connectivity index (χ0) is 14.5. The zero-order valence-corrected chi connectivity index (χ0v) is 13.4. The Hall–Kier alpha value is -0.970. The smallest absolute Gasteiger partial charge is 0.256 e. The van der Waals surface area contributed by atoms with Crippen LogP contribution in [0.1, 0.15) is 50.5 Å². The van der Waals surface area contributed by atoms with Gasteiger partial charge in [0.2, 0.25) is 5.91 Å². The third-order valence-corrected chi connectivity index (χ3v) is 4.89. The van der Waals surface area contributed by atoms with Crippen molar-refractivity contribution in [3.63, 3.8) is 0 Å². The fourth-order valence-corrected chi connectivity index (χ4v) is 3.33. The number of carbonyl (C=O) groups is 1. The molecule has 1 aromatic heterocycles. The summed E-state index contributed by atoms with van der Waals surface area (Å²) in [7, 11) is 0. The summed E-state index contributed by atoms with van der Waals surface area (Å²) < 4.78 is 5.50. The molecule has 2 rings (SSSR count). The van der Waals surface area contributed by atoms with Crippen LogP contribution in [0.5, 0.6) is 0 Å². The fourth-order valence-electron chi connectivity index (χ4n) is 2.48. The molecule has 0 aliphatic heterocycles. The molecule has 1 amide bonds. The minimum absolute atomic E-state index is 0.0779. The number of aromatic nitrogens is 1. The lowest BCUT2D eigenvalue weighted by atomic mass is 9.89. The lowest BCUT2D eigenvalue weighted by Crippen LogP contribution is -2.35. The third kappa shape index (κ3) is 4.27. The summed E-state index contributed by atoms with van der Waals surface area (Å²) in [6, 6.07) is 0. The van der Waals surface area contributed by atoms with E-state index in [0.29, 0.717) is 11.1 Å². The summed E-state index contributed by atoms with van der Waals surface area (Å²) in [5.74, 6) is 1.56. The first-order chi connectivity index (χ1) is 9.56. The maximum absolute atomic E-state index is 12.1. The largest absolute Gasteiger partial charge is 0.437 e. The van der Waals surface area contributed by atoms with Crippen LogP contribution in [0.2, 0.25) is 0 Å². The van der Waals surface area contributed by atoms with E-state index < -0.39 is 0 Å². The van der Waals surface area contributed by atoms with Crippen LogP contribution in [0.3, 0.4) is 0 Å². The number of hydrogen-bond donors (Lipinski definition) is 1. The minimum Gasteiger partial charge on any atom is -0.437 e. The highest BCUT2D eigenvalue weighted by Crippen LogP contribution is 2.25. The van der Waals surface area contributed by atoms with Crippen LogP contribution in [-0.2, 0) is 4.79 Å². The molecule has 1 unspecified atom stereocenters. The molecule has 112 valence electrons. The number of oxazole rings is 1. The van der Waals surface area contributed by atoms with Gasteiger partial charge in [0.1, 0.15) is 5.76 Å². The van der Waals surface area contributed by atoms with Crippen LogP contribution in [0, 0.1) is 19.8 Å². The third-order valence-electron chi connectivity index (χ3n) is 3.95. The second kappa shape index (κ2) is 7.16. The molecule has 20 heavy (non-hydrogen) atoms.